The average Bonchev–Trinajstić information content (AvgIpc) is 2.97. The maximum Gasteiger partial charge on any atom is 0.0670 e. The summed E-state index contributed by atoms with van der Waals surface area (Å²) in [6, 6.07) is 25.7. The highest BCUT2D eigenvalue weighted by Crippen LogP contribution is 2.37. The summed E-state index contributed by atoms with van der Waals surface area (Å²) in [7, 11) is 0. The largest absolute Gasteiger partial charge is 0.335 e. The van der Waals surface area contributed by atoms with Crippen LogP contribution in [0.15, 0.2) is 71.6 Å². The molecule has 3 aromatic carbocycles. The first-order valence-electron chi connectivity index (χ1n) is 8.31. The van der Waals surface area contributed by atoms with E-state index in [0.29, 0.717) is 6.42 Å². The Hall–Kier alpha value is -2.70. The molecule has 0 unspecified atom stereocenters. The molecule has 0 aliphatic carbocycles. The van der Waals surface area contributed by atoms with E-state index in [0.717, 1.165) is 12.1 Å². The second-order valence-corrected chi connectivity index (χ2v) is 6.89. The van der Waals surface area contributed by atoms with E-state index in [1.54, 1.807) is 11.8 Å². The number of thioether (sulfide) groups is 1. The molecule has 4 rings (SSSR count). The third-order valence-electron chi connectivity index (χ3n) is 4.63. The zero-order chi connectivity index (χ0) is 17.2. The van der Waals surface area contributed by atoms with E-state index in [-0.39, 0.29) is 0 Å². The van der Waals surface area contributed by atoms with Crippen molar-refractivity contribution in [3.8, 4) is 6.07 Å². The Morgan fingerprint density at radius 2 is 1.68 bits per heavy atom. The van der Waals surface area contributed by atoms with Crippen molar-refractivity contribution in [1.82, 2.24) is 4.57 Å². The van der Waals surface area contributed by atoms with Gasteiger partial charge in [0.15, 0.2) is 0 Å². The number of fused-ring (bicyclic) bond motifs is 3. The van der Waals surface area contributed by atoms with Crippen molar-refractivity contribution in [2.45, 2.75) is 17.9 Å². The van der Waals surface area contributed by atoms with E-state index in [1.165, 1.54) is 32.3 Å². The zero-order valence-electron chi connectivity index (χ0n) is 14.1. The summed E-state index contributed by atoms with van der Waals surface area (Å²) in [5.74, 6) is 0. The minimum absolute atomic E-state index is 0.443. The number of benzene rings is 3. The molecule has 0 atom stereocenters. The normalized spacial score (nSPS) is 11.0. The van der Waals surface area contributed by atoms with Crippen molar-refractivity contribution in [2.75, 3.05) is 6.26 Å². The average molecular weight is 342 g/mol. The number of nitrogens with zero attached hydrogens (tertiary/aromatic N) is 2. The molecule has 1 heterocycles. The van der Waals surface area contributed by atoms with Gasteiger partial charge in [-0.2, -0.15) is 5.26 Å². The van der Waals surface area contributed by atoms with Crippen molar-refractivity contribution in [3.05, 3.63) is 77.9 Å². The molecule has 0 N–H and O–H groups in total. The summed E-state index contributed by atoms with van der Waals surface area (Å²) in [6.45, 7) is 0.828. The SMILES string of the molecule is CSc1c(CC#N)ccc2c3ccccc3n(Cc3ccccc3)c12. The Balaban J connectivity index is 2.06. The number of hydrogen-bond acceptors (Lipinski definition) is 2. The van der Waals surface area contributed by atoms with Crippen LogP contribution in [0.5, 0.6) is 0 Å². The lowest BCUT2D eigenvalue weighted by Crippen LogP contribution is -2.01. The predicted molar refractivity (Wildman–Crippen MR) is 106 cm³/mol. The molecular formula is C22H18N2S. The fraction of sp³-hybridized carbons (Fsp3) is 0.136. The second kappa shape index (κ2) is 6.66. The smallest absolute Gasteiger partial charge is 0.0670 e. The third-order valence-corrected chi connectivity index (χ3v) is 5.49. The molecule has 4 aromatic rings. The summed E-state index contributed by atoms with van der Waals surface area (Å²) in [5, 5.41) is 11.7. The molecule has 25 heavy (non-hydrogen) atoms. The summed E-state index contributed by atoms with van der Waals surface area (Å²) in [4.78, 5) is 1.21. The minimum Gasteiger partial charge on any atom is -0.335 e. The standard InChI is InChI=1S/C22H18N2S/c1-25-22-17(13-14-23)11-12-19-18-9-5-6-10-20(18)24(21(19)22)15-16-7-3-2-4-8-16/h2-12H,13,15H2,1H3. The minimum atomic E-state index is 0.443. The van der Waals surface area contributed by atoms with Crippen LogP contribution in [-0.2, 0) is 13.0 Å². The molecule has 0 fully saturated rings. The first kappa shape index (κ1) is 15.8. The second-order valence-electron chi connectivity index (χ2n) is 6.08. The van der Waals surface area contributed by atoms with E-state index in [4.69, 9.17) is 0 Å². The van der Waals surface area contributed by atoms with Gasteiger partial charge in [-0.1, -0.05) is 60.7 Å². The van der Waals surface area contributed by atoms with Gasteiger partial charge in [-0.15, -0.1) is 11.8 Å². The molecule has 0 amide bonds. The quantitative estimate of drug-likeness (QED) is 0.450. The van der Waals surface area contributed by atoms with Crippen molar-refractivity contribution in [1.29, 1.82) is 5.26 Å². The van der Waals surface area contributed by atoms with Crippen LogP contribution in [-0.4, -0.2) is 10.8 Å². The lowest BCUT2D eigenvalue weighted by molar-refractivity contribution is 0.860. The Labute approximate surface area is 151 Å². The topological polar surface area (TPSA) is 28.7 Å². The van der Waals surface area contributed by atoms with E-state index in [2.05, 4.69) is 77.6 Å². The van der Waals surface area contributed by atoms with Gasteiger partial charge >= 0.3 is 0 Å². The Morgan fingerprint density at radius 1 is 0.920 bits per heavy atom. The molecule has 0 saturated heterocycles. The molecular weight excluding hydrogens is 324 g/mol. The van der Waals surface area contributed by atoms with Crippen LogP contribution in [0.1, 0.15) is 11.1 Å². The highest BCUT2D eigenvalue weighted by atomic mass is 32.2. The Bertz CT molecular complexity index is 1090. The summed E-state index contributed by atoms with van der Waals surface area (Å²) in [6.07, 6.45) is 2.54. The molecule has 1 aromatic heterocycles. The highest BCUT2D eigenvalue weighted by Gasteiger charge is 2.16. The maximum absolute atomic E-state index is 9.19. The number of rotatable bonds is 4. The van der Waals surface area contributed by atoms with E-state index in [1.807, 2.05) is 6.07 Å². The maximum atomic E-state index is 9.19. The van der Waals surface area contributed by atoms with Gasteiger partial charge in [0.05, 0.1) is 18.0 Å². The van der Waals surface area contributed by atoms with Gasteiger partial charge in [-0.05, 0) is 23.4 Å². The van der Waals surface area contributed by atoms with Crippen LogP contribution in [0, 0.1) is 11.3 Å². The lowest BCUT2D eigenvalue weighted by atomic mass is 10.1. The first-order valence-corrected chi connectivity index (χ1v) is 9.53. The van der Waals surface area contributed by atoms with Crippen LogP contribution in [0.25, 0.3) is 21.8 Å². The molecule has 3 heteroatoms. The van der Waals surface area contributed by atoms with Crippen molar-refractivity contribution >= 4 is 33.6 Å². The monoisotopic (exact) mass is 342 g/mol. The number of aromatic nitrogens is 1. The lowest BCUT2D eigenvalue weighted by Gasteiger charge is -2.12. The molecule has 0 saturated carbocycles. The van der Waals surface area contributed by atoms with Crippen molar-refractivity contribution < 1.29 is 0 Å². The van der Waals surface area contributed by atoms with Crippen LogP contribution in [0.3, 0.4) is 0 Å². The fourth-order valence-corrected chi connectivity index (χ4v) is 4.35. The summed E-state index contributed by atoms with van der Waals surface area (Å²) >= 11 is 1.73. The summed E-state index contributed by atoms with van der Waals surface area (Å²) < 4.78 is 2.40. The molecule has 122 valence electrons. The molecule has 0 aliphatic rings. The van der Waals surface area contributed by atoms with E-state index < -0.39 is 0 Å². The van der Waals surface area contributed by atoms with E-state index in [9.17, 15) is 5.26 Å². The van der Waals surface area contributed by atoms with E-state index >= 15 is 0 Å². The number of nitriles is 1. The van der Waals surface area contributed by atoms with Crippen LogP contribution in [0.2, 0.25) is 0 Å². The van der Waals surface area contributed by atoms with Gasteiger partial charge in [-0.25, -0.2) is 0 Å². The van der Waals surface area contributed by atoms with Gasteiger partial charge in [0.1, 0.15) is 0 Å². The van der Waals surface area contributed by atoms with Gasteiger partial charge in [0.25, 0.3) is 0 Å². The first-order chi connectivity index (χ1) is 12.3. The molecule has 0 spiro atoms. The van der Waals surface area contributed by atoms with Gasteiger partial charge < -0.3 is 4.57 Å². The Kier molecular flexibility index (Phi) is 4.21. The van der Waals surface area contributed by atoms with Gasteiger partial charge in [0.2, 0.25) is 0 Å². The fourth-order valence-electron chi connectivity index (χ4n) is 3.54. The third kappa shape index (κ3) is 2.69. The van der Waals surface area contributed by atoms with Crippen LogP contribution < -0.4 is 0 Å². The molecule has 2 nitrogen and oxygen atoms in total. The molecule has 0 aliphatic heterocycles. The van der Waals surface area contributed by atoms with Gasteiger partial charge in [-0.3, -0.25) is 0 Å². The highest BCUT2D eigenvalue weighted by molar-refractivity contribution is 7.98. The number of para-hydroxylation sites is 1. The zero-order valence-corrected chi connectivity index (χ0v) is 14.9. The predicted octanol–water partition coefficient (Wildman–Crippen LogP) is 5.63. The van der Waals surface area contributed by atoms with Crippen molar-refractivity contribution in [2.24, 2.45) is 0 Å². The Morgan fingerprint density at radius 3 is 2.44 bits per heavy atom. The van der Waals surface area contributed by atoms with Crippen LogP contribution >= 0.6 is 11.8 Å². The van der Waals surface area contributed by atoms with Crippen molar-refractivity contribution in [3.63, 3.8) is 0 Å². The number of hydrogen-bond donors (Lipinski definition) is 0. The molecule has 0 radical (unpaired) electrons. The summed E-state index contributed by atoms with van der Waals surface area (Å²) in [5.41, 5.74) is 4.87. The van der Waals surface area contributed by atoms with Gasteiger partial charge in [0, 0.05) is 27.7 Å². The molecule has 0 bridgehead atoms. The van der Waals surface area contributed by atoms with Crippen LogP contribution in [0.4, 0.5) is 0 Å².